The van der Waals surface area contributed by atoms with Gasteiger partial charge in [-0.15, -0.1) is 0 Å². The van der Waals surface area contributed by atoms with Gasteiger partial charge in [-0.25, -0.2) is 0 Å². The Morgan fingerprint density at radius 1 is 1.42 bits per heavy atom. The van der Waals surface area contributed by atoms with E-state index < -0.39 is 0 Å². The summed E-state index contributed by atoms with van der Waals surface area (Å²) < 4.78 is 7.70. The Morgan fingerprint density at radius 3 is 3.05 bits per heavy atom. The molecule has 0 spiro atoms. The number of rotatable bonds is 4. The lowest BCUT2D eigenvalue weighted by atomic mass is 10.1. The maximum Gasteiger partial charge on any atom is 0.0785 e. The summed E-state index contributed by atoms with van der Waals surface area (Å²) in [5, 5.41) is 14.2. The molecule has 1 N–H and O–H groups in total. The van der Waals surface area contributed by atoms with E-state index in [2.05, 4.69) is 10.00 Å². The lowest BCUT2D eigenvalue weighted by Gasteiger charge is -2.37. The van der Waals surface area contributed by atoms with Crippen LogP contribution in [0, 0.1) is 5.92 Å². The Hall–Kier alpha value is -0.620. The molecule has 3 atom stereocenters. The molecule has 0 aromatic carbocycles. The number of morpholine rings is 1. The highest BCUT2D eigenvalue weighted by molar-refractivity contribution is 6.30. The predicted molar refractivity (Wildman–Crippen MR) is 72.1 cm³/mol. The van der Waals surface area contributed by atoms with Gasteiger partial charge in [-0.3, -0.25) is 9.58 Å². The minimum Gasteiger partial charge on any atom is -0.396 e. The molecule has 1 aliphatic carbocycles. The van der Waals surface area contributed by atoms with Crippen LogP contribution in [0.3, 0.4) is 0 Å². The number of halogens is 1. The van der Waals surface area contributed by atoms with Crippen LogP contribution in [0.15, 0.2) is 12.4 Å². The third kappa shape index (κ3) is 2.94. The number of ether oxygens (including phenoxy) is 1. The normalized spacial score (nSPS) is 31.6. The molecule has 0 radical (unpaired) electrons. The molecular weight excluding hydrogens is 266 g/mol. The summed E-state index contributed by atoms with van der Waals surface area (Å²) in [4.78, 5) is 2.47. The molecule has 0 unspecified atom stereocenters. The van der Waals surface area contributed by atoms with Gasteiger partial charge in [0.05, 0.1) is 30.5 Å². The van der Waals surface area contributed by atoms with E-state index in [-0.39, 0.29) is 6.61 Å². The lowest BCUT2D eigenvalue weighted by molar-refractivity contribution is -0.0568. The second kappa shape index (κ2) is 5.79. The van der Waals surface area contributed by atoms with E-state index in [1.54, 1.807) is 6.20 Å². The molecule has 0 amide bonds. The molecular formula is C13H20ClN3O2. The van der Waals surface area contributed by atoms with Crippen LogP contribution in [-0.4, -0.2) is 58.2 Å². The molecule has 1 aromatic rings. The molecule has 6 heteroatoms. The summed E-state index contributed by atoms with van der Waals surface area (Å²) in [5.74, 6) is 0.398. The molecule has 1 aromatic heterocycles. The summed E-state index contributed by atoms with van der Waals surface area (Å²) in [6.07, 6.45) is 5.85. The predicted octanol–water partition coefficient (Wildman–Crippen LogP) is 1.01. The second-order valence-electron chi connectivity index (χ2n) is 5.45. The summed E-state index contributed by atoms with van der Waals surface area (Å²) >= 11 is 5.86. The number of aromatic nitrogens is 2. The Kier molecular flexibility index (Phi) is 4.07. The van der Waals surface area contributed by atoms with E-state index in [0.29, 0.717) is 23.1 Å². The fraction of sp³-hybridized carbons (Fsp3) is 0.769. The summed E-state index contributed by atoms with van der Waals surface area (Å²) in [7, 11) is 0. The van der Waals surface area contributed by atoms with Crippen molar-refractivity contribution in [3.8, 4) is 0 Å². The van der Waals surface area contributed by atoms with Gasteiger partial charge in [-0.1, -0.05) is 11.6 Å². The standard InChI is InChI=1S/C13H20ClN3O2/c14-11-7-15-17(8-11)2-1-16-3-4-19-13-6-10(9-18)5-12(13)16/h7-8,10,12-13,18H,1-6,9H2/t10-,12+,13+/m1/s1. The fourth-order valence-electron chi connectivity index (χ4n) is 3.24. The first kappa shape index (κ1) is 13.4. The first-order valence-electron chi connectivity index (χ1n) is 6.90. The number of nitrogens with zero attached hydrogens (tertiary/aromatic N) is 3. The van der Waals surface area contributed by atoms with Crippen LogP contribution in [0.4, 0.5) is 0 Å². The SMILES string of the molecule is OC[C@H]1C[C@@H]2OCCN(CCn3cc(Cl)cn3)[C@H]2C1. The monoisotopic (exact) mass is 285 g/mol. The molecule has 1 saturated heterocycles. The fourth-order valence-corrected chi connectivity index (χ4v) is 3.40. The van der Waals surface area contributed by atoms with Crippen molar-refractivity contribution >= 4 is 11.6 Å². The average Bonchev–Trinajstić information content (AvgIpc) is 3.02. The smallest absolute Gasteiger partial charge is 0.0785 e. The van der Waals surface area contributed by atoms with Gasteiger partial charge in [0.15, 0.2) is 0 Å². The largest absolute Gasteiger partial charge is 0.396 e. The van der Waals surface area contributed by atoms with Gasteiger partial charge in [0.25, 0.3) is 0 Å². The van der Waals surface area contributed by atoms with Crippen molar-refractivity contribution in [3.63, 3.8) is 0 Å². The quantitative estimate of drug-likeness (QED) is 0.897. The molecule has 1 aliphatic heterocycles. The minimum absolute atomic E-state index is 0.277. The number of aliphatic hydroxyl groups excluding tert-OH is 1. The summed E-state index contributed by atoms with van der Waals surface area (Å²) in [5.41, 5.74) is 0. The summed E-state index contributed by atoms with van der Waals surface area (Å²) in [6.45, 7) is 3.84. The highest BCUT2D eigenvalue weighted by Crippen LogP contribution is 2.33. The van der Waals surface area contributed by atoms with Crippen molar-refractivity contribution in [2.75, 3.05) is 26.3 Å². The molecule has 2 heterocycles. The van der Waals surface area contributed by atoms with E-state index in [4.69, 9.17) is 16.3 Å². The van der Waals surface area contributed by atoms with E-state index in [9.17, 15) is 5.11 Å². The highest BCUT2D eigenvalue weighted by atomic mass is 35.5. The van der Waals surface area contributed by atoms with E-state index in [0.717, 1.165) is 39.1 Å². The first-order chi connectivity index (χ1) is 9.26. The van der Waals surface area contributed by atoms with Crippen molar-refractivity contribution in [1.29, 1.82) is 0 Å². The van der Waals surface area contributed by atoms with Gasteiger partial charge in [-0.2, -0.15) is 5.10 Å². The molecule has 106 valence electrons. The molecule has 3 rings (SSSR count). The highest BCUT2D eigenvalue weighted by Gasteiger charge is 2.40. The second-order valence-corrected chi connectivity index (χ2v) is 5.89. The lowest BCUT2D eigenvalue weighted by Crippen LogP contribution is -2.49. The first-order valence-corrected chi connectivity index (χ1v) is 7.28. The van der Waals surface area contributed by atoms with E-state index in [1.807, 2.05) is 10.9 Å². The van der Waals surface area contributed by atoms with Crippen LogP contribution in [-0.2, 0) is 11.3 Å². The zero-order valence-corrected chi connectivity index (χ0v) is 11.7. The van der Waals surface area contributed by atoms with Crippen LogP contribution in [0.5, 0.6) is 0 Å². The van der Waals surface area contributed by atoms with Crippen molar-refractivity contribution in [2.24, 2.45) is 5.92 Å². The zero-order valence-electron chi connectivity index (χ0n) is 10.9. The maximum atomic E-state index is 9.31. The maximum absolute atomic E-state index is 9.31. The number of hydrogen-bond acceptors (Lipinski definition) is 4. The van der Waals surface area contributed by atoms with Gasteiger partial charge in [-0.05, 0) is 18.8 Å². The topological polar surface area (TPSA) is 50.5 Å². The number of hydrogen-bond donors (Lipinski definition) is 1. The van der Waals surface area contributed by atoms with Crippen LogP contribution >= 0.6 is 11.6 Å². The third-order valence-corrected chi connectivity index (χ3v) is 4.42. The molecule has 5 nitrogen and oxygen atoms in total. The van der Waals surface area contributed by atoms with Crippen molar-refractivity contribution in [3.05, 3.63) is 17.4 Å². The Bertz CT molecular complexity index is 426. The average molecular weight is 286 g/mol. The van der Waals surface area contributed by atoms with Crippen molar-refractivity contribution in [2.45, 2.75) is 31.5 Å². The molecule has 2 fully saturated rings. The van der Waals surface area contributed by atoms with E-state index in [1.165, 1.54) is 0 Å². The zero-order chi connectivity index (χ0) is 13.2. The Labute approximate surface area is 118 Å². The van der Waals surface area contributed by atoms with Gasteiger partial charge < -0.3 is 9.84 Å². The minimum atomic E-state index is 0.277. The summed E-state index contributed by atoms with van der Waals surface area (Å²) in [6, 6.07) is 0.455. The van der Waals surface area contributed by atoms with Gasteiger partial charge >= 0.3 is 0 Å². The molecule has 19 heavy (non-hydrogen) atoms. The van der Waals surface area contributed by atoms with Gasteiger partial charge in [0.2, 0.25) is 0 Å². The third-order valence-electron chi connectivity index (χ3n) is 4.23. The van der Waals surface area contributed by atoms with Crippen LogP contribution < -0.4 is 0 Å². The molecule has 2 aliphatic rings. The van der Waals surface area contributed by atoms with E-state index >= 15 is 0 Å². The Balaban J connectivity index is 1.58. The van der Waals surface area contributed by atoms with Crippen LogP contribution in [0.25, 0.3) is 0 Å². The van der Waals surface area contributed by atoms with Crippen molar-refractivity contribution in [1.82, 2.24) is 14.7 Å². The number of aliphatic hydroxyl groups is 1. The molecule has 1 saturated carbocycles. The van der Waals surface area contributed by atoms with Crippen LogP contribution in [0.2, 0.25) is 5.02 Å². The Morgan fingerprint density at radius 2 is 2.32 bits per heavy atom. The van der Waals surface area contributed by atoms with Gasteiger partial charge in [0, 0.05) is 31.9 Å². The van der Waals surface area contributed by atoms with Crippen LogP contribution in [0.1, 0.15) is 12.8 Å². The number of fused-ring (bicyclic) bond motifs is 1. The molecule has 0 bridgehead atoms. The van der Waals surface area contributed by atoms with Gasteiger partial charge in [0.1, 0.15) is 0 Å². The van der Waals surface area contributed by atoms with Crippen molar-refractivity contribution < 1.29 is 9.84 Å².